The standard InChI is InChI=1S/C20H28N4O2S2/c1-28(25,26)22-10-13-23(12-9-21)18-14-20-8-4-2-6-16(20)15-24-11-5-3-7-17(24)19(20)27-18/h5,11,15,18,22H,2-4,6-8,10,12-14H2,1H3/t18-,20?/m1/s1. The van der Waals surface area contributed by atoms with Gasteiger partial charge in [0.15, 0.2) is 0 Å². The Morgan fingerprint density at radius 1 is 1.43 bits per heavy atom. The van der Waals surface area contributed by atoms with Crippen LogP contribution in [0.25, 0.3) is 0 Å². The highest BCUT2D eigenvalue weighted by Crippen LogP contribution is 2.64. The molecule has 0 aromatic carbocycles. The second-order valence-corrected chi connectivity index (χ2v) is 11.1. The first kappa shape index (κ1) is 20.0. The minimum Gasteiger partial charge on any atom is -0.327 e. The maximum atomic E-state index is 11.4. The molecule has 3 heterocycles. The fourth-order valence-electron chi connectivity index (χ4n) is 4.99. The van der Waals surface area contributed by atoms with Crippen LogP contribution in [0.3, 0.4) is 0 Å². The normalized spacial score (nSPS) is 29.2. The van der Waals surface area contributed by atoms with Gasteiger partial charge in [0, 0.05) is 41.5 Å². The number of nitrogens with zero attached hydrogens (tertiary/aromatic N) is 3. The summed E-state index contributed by atoms with van der Waals surface area (Å²) in [5.41, 5.74) is 3.12. The molecule has 3 aliphatic heterocycles. The van der Waals surface area contributed by atoms with Crippen molar-refractivity contribution in [2.24, 2.45) is 5.41 Å². The maximum Gasteiger partial charge on any atom is 0.208 e. The van der Waals surface area contributed by atoms with Gasteiger partial charge in [-0.25, -0.2) is 13.1 Å². The second-order valence-electron chi connectivity index (χ2n) is 8.12. The Morgan fingerprint density at radius 2 is 2.29 bits per heavy atom. The molecule has 1 spiro atoms. The van der Waals surface area contributed by atoms with Crippen molar-refractivity contribution in [3.63, 3.8) is 0 Å². The van der Waals surface area contributed by atoms with E-state index in [1.165, 1.54) is 36.1 Å². The molecule has 1 N–H and O–H groups in total. The molecular weight excluding hydrogens is 392 g/mol. The molecule has 0 radical (unpaired) electrons. The summed E-state index contributed by atoms with van der Waals surface area (Å²) >= 11 is 1.92. The van der Waals surface area contributed by atoms with Crippen molar-refractivity contribution in [2.75, 3.05) is 25.9 Å². The Hall–Kier alpha value is -1.27. The van der Waals surface area contributed by atoms with E-state index in [-0.39, 0.29) is 10.8 Å². The van der Waals surface area contributed by atoms with Crippen LogP contribution in [0.2, 0.25) is 0 Å². The second kappa shape index (κ2) is 7.86. The molecular formula is C20H28N4O2S2. The molecule has 6 nitrogen and oxygen atoms in total. The summed E-state index contributed by atoms with van der Waals surface area (Å²) in [7, 11) is -3.21. The summed E-state index contributed by atoms with van der Waals surface area (Å²) in [5, 5.41) is 9.57. The maximum absolute atomic E-state index is 11.4. The average molecular weight is 421 g/mol. The first-order valence-corrected chi connectivity index (χ1v) is 12.8. The lowest BCUT2D eigenvalue weighted by Crippen LogP contribution is -2.40. The van der Waals surface area contributed by atoms with Gasteiger partial charge in [-0.2, -0.15) is 5.26 Å². The first-order valence-electron chi connectivity index (χ1n) is 10.0. The number of rotatable bonds is 6. The molecule has 1 saturated carbocycles. The van der Waals surface area contributed by atoms with E-state index in [9.17, 15) is 13.7 Å². The lowest BCUT2D eigenvalue weighted by Gasteiger charge is -2.44. The SMILES string of the molecule is CS(=O)(=O)NCCN(CC#N)[C@H]1CC23CCCCC2=CN2C=CCCC2=C3S1. The van der Waals surface area contributed by atoms with Crippen LogP contribution < -0.4 is 4.72 Å². The van der Waals surface area contributed by atoms with E-state index >= 15 is 0 Å². The van der Waals surface area contributed by atoms with Gasteiger partial charge in [-0.1, -0.05) is 12.5 Å². The highest BCUT2D eigenvalue weighted by Gasteiger charge is 2.52. The van der Waals surface area contributed by atoms with Crippen LogP contribution in [0, 0.1) is 16.7 Å². The highest BCUT2D eigenvalue weighted by molar-refractivity contribution is 8.04. The summed E-state index contributed by atoms with van der Waals surface area (Å²) in [6, 6.07) is 2.28. The summed E-state index contributed by atoms with van der Waals surface area (Å²) in [5.74, 6) is 0. The predicted molar refractivity (Wildman–Crippen MR) is 112 cm³/mol. The third-order valence-electron chi connectivity index (χ3n) is 6.25. The van der Waals surface area contributed by atoms with Crippen LogP contribution in [0.5, 0.6) is 0 Å². The van der Waals surface area contributed by atoms with Gasteiger partial charge in [-0.3, -0.25) is 4.90 Å². The van der Waals surface area contributed by atoms with E-state index < -0.39 is 10.0 Å². The van der Waals surface area contributed by atoms with Gasteiger partial charge in [0.05, 0.1) is 24.2 Å². The molecule has 1 aliphatic carbocycles. The number of fused-ring (bicyclic) bond motifs is 1. The van der Waals surface area contributed by atoms with E-state index in [1.807, 2.05) is 11.8 Å². The van der Waals surface area contributed by atoms with E-state index in [0.717, 1.165) is 25.7 Å². The lowest BCUT2D eigenvalue weighted by atomic mass is 9.66. The molecule has 28 heavy (non-hydrogen) atoms. The van der Waals surface area contributed by atoms with E-state index in [4.69, 9.17) is 0 Å². The van der Waals surface area contributed by atoms with Crippen LogP contribution in [-0.4, -0.2) is 49.5 Å². The van der Waals surface area contributed by atoms with Crippen molar-refractivity contribution in [3.8, 4) is 6.07 Å². The number of nitriles is 1. The van der Waals surface area contributed by atoms with Crippen LogP contribution in [0.15, 0.2) is 34.7 Å². The largest absolute Gasteiger partial charge is 0.327 e. The van der Waals surface area contributed by atoms with Crippen molar-refractivity contribution in [3.05, 3.63) is 34.7 Å². The summed E-state index contributed by atoms with van der Waals surface area (Å²) in [6.45, 7) is 1.22. The third kappa shape index (κ3) is 3.78. The number of thioether (sulfide) groups is 1. The van der Waals surface area contributed by atoms with Crippen LogP contribution in [0.1, 0.15) is 44.9 Å². The topological polar surface area (TPSA) is 76.4 Å². The van der Waals surface area contributed by atoms with Crippen molar-refractivity contribution < 1.29 is 8.42 Å². The Labute approximate surface area is 172 Å². The van der Waals surface area contributed by atoms with Gasteiger partial charge in [0.2, 0.25) is 10.0 Å². The molecule has 0 amide bonds. The van der Waals surface area contributed by atoms with Crippen LogP contribution in [-0.2, 0) is 10.0 Å². The van der Waals surface area contributed by atoms with E-state index in [1.54, 1.807) is 5.57 Å². The molecule has 0 aromatic heterocycles. The molecule has 152 valence electrons. The molecule has 2 fully saturated rings. The van der Waals surface area contributed by atoms with Crippen LogP contribution >= 0.6 is 11.8 Å². The van der Waals surface area contributed by atoms with Gasteiger partial charge in [0.1, 0.15) is 0 Å². The zero-order valence-corrected chi connectivity index (χ0v) is 18.0. The fraction of sp³-hybridized carbons (Fsp3) is 0.650. The Kier molecular flexibility index (Phi) is 5.62. The van der Waals surface area contributed by atoms with E-state index in [0.29, 0.717) is 19.6 Å². The molecule has 1 unspecified atom stereocenters. The third-order valence-corrected chi connectivity index (χ3v) is 8.58. The molecule has 4 aliphatic rings. The van der Waals surface area contributed by atoms with Gasteiger partial charge in [0.25, 0.3) is 0 Å². The first-order chi connectivity index (χ1) is 13.4. The lowest BCUT2D eigenvalue weighted by molar-refractivity contribution is 0.223. The molecule has 2 atom stereocenters. The average Bonchev–Trinajstić information content (AvgIpc) is 3.04. The number of sulfonamides is 1. The molecule has 4 rings (SSSR count). The summed E-state index contributed by atoms with van der Waals surface area (Å²) in [6.07, 6.45) is 16.0. The Balaban J connectivity index is 1.60. The smallest absolute Gasteiger partial charge is 0.208 e. The number of hydrogen-bond acceptors (Lipinski definition) is 6. The fourth-order valence-corrected chi connectivity index (χ4v) is 7.31. The predicted octanol–water partition coefficient (Wildman–Crippen LogP) is 3.10. The molecule has 0 aromatic rings. The highest BCUT2D eigenvalue weighted by atomic mass is 32.2. The molecule has 0 bridgehead atoms. The quantitative estimate of drug-likeness (QED) is 0.666. The zero-order valence-electron chi connectivity index (χ0n) is 16.4. The number of hydrogen-bond donors (Lipinski definition) is 1. The zero-order chi connectivity index (χ0) is 19.8. The molecule has 8 heteroatoms. The van der Waals surface area contributed by atoms with Crippen molar-refractivity contribution in [1.29, 1.82) is 5.26 Å². The van der Waals surface area contributed by atoms with E-state index in [2.05, 4.69) is 39.1 Å². The van der Waals surface area contributed by atoms with Gasteiger partial charge >= 0.3 is 0 Å². The van der Waals surface area contributed by atoms with Crippen molar-refractivity contribution in [2.45, 2.75) is 50.3 Å². The molecule has 1 saturated heterocycles. The van der Waals surface area contributed by atoms with Crippen LogP contribution in [0.4, 0.5) is 0 Å². The Morgan fingerprint density at radius 3 is 3.07 bits per heavy atom. The summed E-state index contributed by atoms with van der Waals surface area (Å²) in [4.78, 5) is 5.99. The van der Waals surface area contributed by atoms with Gasteiger partial charge in [-0.15, -0.1) is 11.8 Å². The van der Waals surface area contributed by atoms with Gasteiger partial charge in [-0.05, 0) is 44.1 Å². The minimum absolute atomic E-state index is 0.141. The number of allylic oxidation sites excluding steroid dienone is 4. The van der Waals surface area contributed by atoms with Crippen molar-refractivity contribution in [1.82, 2.24) is 14.5 Å². The monoisotopic (exact) mass is 420 g/mol. The Bertz CT molecular complexity index is 871. The number of nitrogens with one attached hydrogen (secondary N) is 1. The van der Waals surface area contributed by atoms with Gasteiger partial charge < -0.3 is 4.90 Å². The summed E-state index contributed by atoms with van der Waals surface area (Å²) < 4.78 is 25.4. The minimum atomic E-state index is -3.21. The van der Waals surface area contributed by atoms with Crippen molar-refractivity contribution >= 4 is 21.8 Å².